The van der Waals surface area contributed by atoms with Gasteiger partial charge in [0.15, 0.2) is 0 Å². The third kappa shape index (κ3) is 3.66. The molecule has 4 heteroatoms. The normalized spacial score (nSPS) is 16.4. The van der Waals surface area contributed by atoms with Crippen molar-refractivity contribution in [2.75, 3.05) is 40.0 Å². The fraction of sp³-hybridized carbons (Fsp3) is 0.625. The number of halogens is 1. The van der Waals surface area contributed by atoms with E-state index in [1.807, 2.05) is 13.0 Å². The third-order valence-corrected chi connectivity index (χ3v) is 4.58. The lowest BCUT2D eigenvalue weighted by atomic mass is 9.99. The Morgan fingerprint density at radius 1 is 1.30 bits per heavy atom. The van der Waals surface area contributed by atoms with Gasteiger partial charge in [-0.05, 0) is 56.0 Å². The second-order valence-electron chi connectivity index (χ2n) is 5.37. The zero-order valence-corrected chi connectivity index (χ0v) is 13.4. The van der Waals surface area contributed by atoms with E-state index in [0.717, 1.165) is 67.6 Å². The van der Waals surface area contributed by atoms with Crippen LogP contribution in [-0.4, -0.2) is 44.9 Å². The second kappa shape index (κ2) is 7.30. The van der Waals surface area contributed by atoms with Gasteiger partial charge in [-0.15, -0.1) is 0 Å². The Morgan fingerprint density at radius 3 is 2.65 bits per heavy atom. The molecule has 20 heavy (non-hydrogen) atoms. The van der Waals surface area contributed by atoms with E-state index in [2.05, 4.69) is 11.8 Å². The largest absolute Gasteiger partial charge is 0.496 e. The monoisotopic (exact) mass is 297 g/mol. The Labute approximate surface area is 126 Å². The van der Waals surface area contributed by atoms with Crippen molar-refractivity contribution in [3.63, 3.8) is 0 Å². The van der Waals surface area contributed by atoms with Crippen LogP contribution in [-0.2, 0) is 11.2 Å². The number of benzene rings is 1. The average Bonchev–Trinajstić information content (AvgIpc) is 2.48. The predicted octanol–water partition coefficient (Wildman–Crippen LogP) is 3.23. The highest BCUT2D eigenvalue weighted by Gasteiger charge is 2.14. The first-order valence-electron chi connectivity index (χ1n) is 7.26. The van der Waals surface area contributed by atoms with Gasteiger partial charge in [0.25, 0.3) is 0 Å². The summed E-state index contributed by atoms with van der Waals surface area (Å²) in [6.07, 6.45) is 2.13. The Hall–Kier alpha value is -0.770. The summed E-state index contributed by atoms with van der Waals surface area (Å²) in [6.45, 7) is 9.03. The highest BCUT2D eigenvalue weighted by molar-refractivity contribution is 6.32. The quantitative estimate of drug-likeness (QED) is 0.833. The Bertz CT molecular complexity index is 456. The van der Waals surface area contributed by atoms with Gasteiger partial charge in [0.1, 0.15) is 5.75 Å². The molecule has 0 N–H and O–H groups in total. The molecule has 3 nitrogen and oxygen atoms in total. The fourth-order valence-corrected chi connectivity index (χ4v) is 2.93. The molecule has 112 valence electrons. The van der Waals surface area contributed by atoms with Gasteiger partial charge in [0, 0.05) is 18.1 Å². The van der Waals surface area contributed by atoms with Gasteiger partial charge in [-0.3, -0.25) is 4.90 Å². The molecule has 0 amide bonds. The van der Waals surface area contributed by atoms with Crippen molar-refractivity contribution in [2.45, 2.75) is 26.7 Å². The van der Waals surface area contributed by atoms with Gasteiger partial charge in [0.05, 0.1) is 20.3 Å². The zero-order chi connectivity index (χ0) is 14.5. The maximum atomic E-state index is 6.36. The minimum Gasteiger partial charge on any atom is -0.496 e. The maximum absolute atomic E-state index is 6.36. The topological polar surface area (TPSA) is 21.7 Å². The molecule has 0 spiro atoms. The van der Waals surface area contributed by atoms with Crippen LogP contribution in [0.15, 0.2) is 6.07 Å². The van der Waals surface area contributed by atoms with Crippen LogP contribution in [0.3, 0.4) is 0 Å². The first-order valence-corrected chi connectivity index (χ1v) is 7.64. The number of ether oxygens (including phenoxy) is 2. The summed E-state index contributed by atoms with van der Waals surface area (Å²) in [5, 5.41) is 0.868. The van der Waals surface area contributed by atoms with Gasteiger partial charge in [-0.25, -0.2) is 0 Å². The molecule has 0 atom stereocenters. The molecule has 1 aromatic rings. The van der Waals surface area contributed by atoms with Gasteiger partial charge >= 0.3 is 0 Å². The van der Waals surface area contributed by atoms with E-state index in [1.165, 1.54) is 5.56 Å². The molecule has 1 heterocycles. The van der Waals surface area contributed by atoms with E-state index in [9.17, 15) is 0 Å². The first-order chi connectivity index (χ1) is 9.63. The third-order valence-electron chi connectivity index (χ3n) is 4.00. The number of morpholine rings is 1. The smallest absolute Gasteiger partial charge is 0.122 e. The Kier molecular flexibility index (Phi) is 5.70. The van der Waals surface area contributed by atoms with Crippen LogP contribution in [0.5, 0.6) is 5.75 Å². The first kappa shape index (κ1) is 15.6. The lowest BCUT2D eigenvalue weighted by molar-refractivity contribution is 0.0374. The van der Waals surface area contributed by atoms with E-state index in [-0.39, 0.29) is 0 Å². The van der Waals surface area contributed by atoms with Crippen molar-refractivity contribution < 1.29 is 9.47 Å². The molecule has 1 aromatic carbocycles. The molecule has 0 saturated carbocycles. The summed E-state index contributed by atoms with van der Waals surface area (Å²) in [6, 6.07) is 2.04. The number of hydrogen-bond acceptors (Lipinski definition) is 3. The Balaban J connectivity index is 1.99. The van der Waals surface area contributed by atoms with Crippen molar-refractivity contribution in [3.8, 4) is 5.75 Å². The van der Waals surface area contributed by atoms with Crippen molar-refractivity contribution in [1.82, 2.24) is 4.90 Å². The van der Waals surface area contributed by atoms with Crippen LogP contribution in [0, 0.1) is 13.8 Å². The van der Waals surface area contributed by atoms with Crippen LogP contribution in [0.4, 0.5) is 0 Å². The lowest BCUT2D eigenvalue weighted by Crippen LogP contribution is -2.36. The summed E-state index contributed by atoms with van der Waals surface area (Å²) in [5.74, 6) is 0.964. The van der Waals surface area contributed by atoms with Crippen molar-refractivity contribution in [1.29, 1.82) is 0 Å². The summed E-state index contributed by atoms with van der Waals surface area (Å²) in [4.78, 5) is 2.46. The highest BCUT2D eigenvalue weighted by atomic mass is 35.5. The number of rotatable bonds is 5. The molecule has 0 bridgehead atoms. The van der Waals surface area contributed by atoms with Crippen molar-refractivity contribution in [3.05, 3.63) is 27.8 Å². The van der Waals surface area contributed by atoms with Crippen LogP contribution in [0.1, 0.15) is 23.1 Å². The van der Waals surface area contributed by atoms with Gasteiger partial charge in [-0.2, -0.15) is 0 Å². The SMILES string of the molecule is COc1cc(C)c(Cl)c(C)c1CCCN1CCOCC1. The van der Waals surface area contributed by atoms with E-state index >= 15 is 0 Å². The van der Waals surface area contributed by atoms with Crippen molar-refractivity contribution >= 4 is 11.6 Å². The summed E-state index contributed by atoms with van der Waals surface area (Å²) >= 11 is 6.36. The molecule has 1 saturated heterocycles. The van der Waals surface area contributed by atoms with E-state index < -0.39 is 0 Å². The van der Waals surface area contributed by atoms with Gasteiger partial charge in [-0.1, -0.05) is 11.6 Å². The van der Waals surface area contributed by atoms with Gasteiger partial charge < -0.3 is 9.47 Å². The Morgan fingerprint density at radius 2 is 2.00 bits per heavy atom. The fourth-order valence-electron chi connectivity index (χ4n) is 2.76. The zero-order valence-electron chi connectivity index (χ0n) is 12.7. The molecule has 1 aliphatic rings. The molecule has 1 aliphatic heterocycles. The van der Waals surface area contributed by atoms with Crippen LogP contribution in [0.25, 0.3) is 0 Å². The van der Waals surface area contributed by atoms with E-state index in [4.69, 9.17) is 21.1 Å². The number of nitrogens with zero attached hydrogens (tertiary/aromatic N) is 1. The van der Waals surface area contributed by atoms with Crippen LogP contribution in [0.2, 0.25) is 5.02 Å². The molecule has 2 rings (SSSR count). The summed E-state index contributed by atoms with van der Waals surface area (Å²) in [7, 11) is 1.73. The average molecular weight is 298 g/mol. The highest BCUT2D eigenvalue weighted by Crippen LogP contribution is 2.32. The number of aryl methyl sites for hydroxylation is 1. The number of methoxy groups -OCH3 is 1. The molecule has 0 aromatic heterocycles. The molecule has 0 radical (unpaired) electrons. The predicted molar refractivity (Wildman–Crippen MR) is 83.1 cm³/mol. The molecule has 0 aliphatic carbocycles. The standard InChI is InChI=1S/C16H24ClNO2/c1-12-11-15(19-3)14(13(2)16(12)17)5-4-6-18-7-9-20-10-8-18/h11H,4-10H2,1-3H3. The summed E-state index contributed by atoms with van der Waals surface area (Å²) < 4.78 is 10.9. The molecule has 1 fully saturated rings. The minimum absolute atomic E-state index is 0.860. The molecular weight excluding hydrogens is 274 g/mol. The van der Waals surface area contributed by atoms with Gasteiger partial charge in [0.2, 0.25) is 0 Å². The summed E-state index contributed by atoms with van der Waals surface area (Å²) in [5.41, 5.74) is 3.49. The lowest BCUT2D eigenvalue weighted by Gasteiger charge is -2.26. The maximum Gasteiger partial charge on any atom is 0.122 e. The van der Waals surface area contributed by atoms with Crippen LogP contribution >= 0.6 is 11.6 Å². The van der Waals surface area contributed by atoms with Crippen molar-refractivity contribution in [2.24, 2.45) is 0 Å². The molecule has 0 unspecified atom stereocenters. The number of hydrogen-bond donors (Lipinski definition) is 0. The second-order valence-corrected chi connectivity index (χ2v) is 5.75. The minimum atomic E-state index is 0.860. The van der Waals surface area contributed by atoms with E-state index in [1.54, 1.807) is 7.11 Å². The molecular formula is C16H24ClNO2. The van der Waals surface area contributed by atoms with E-state index in [0.29, 0.717) is 0 Å². The van der Waals surface area contributed by atoms with Crippen LogP contribution < -0.4 is 4.74 Å².